The van der Waals surface area contributed by atoms with E-state index in [4.69, 9.17) is 4.74 Å². The van der Waals surface area contributed by atoms with E-state index in [9.17, 15) is 0 Å². The molecular weight excluding hydrogens is 188 g/mol. The summed E-state index contributed by atoms with van der Waals surface area (Å²) in [4.78, 5) is 0. The second-order valence-electron chi connectivity index (χ2n) is 4.53. The second kappa shape index (κ2) is 5.52. The Morgan fingerprint density at radius 3 is 3.13 bits per heavy atom. The molecule has 1 N–H and O–H groups in total. The Balaban J connectivity index is 1.84. The molecule has 0 saturated carbocycles. The standard InChI is InChI=1S/C12H22N2O/c1-15-10-12-8-5-9-14(12)13-11-6-3-2-4-7-11/h6,12-13H,2-5,7-10H2,1H3/t12-/m0/s1. The van der Waals surface area contributed by atoms with Gasteiger partial charge in [-0.25, -0.2) is 5.01 Å². The van der Waals surface area contributed by atoms with E-state index in [-0.39, 0.29) is 0 Å². The number of allylic oxidation sites excluding steroid dienone is 2. The molecule has 86 valence electrons. The van der Waals surface area contributed by atoms with Crippen LogP contribution in [0.4, 0.5) is 0 Å². The van der Waals surface area contributed by atoms with Gasteiger partial charge < -0.3 is 10.2 Å². The van der Waals surface area contributed by atoms with Crippen LogP contribution < -0.4 is 5.43 Å². The number of methoxy groups -OCH3 is 1. The van der Waals surface area contributed by atoms with Crippen molar-refractivity contribution in [2.45, 2.75) is 44.6 Å². The molecule has 0 amide bonds. The molecule has 3 nitrogen and oxygen atoms in total. The van der Waals surface area contributed by atoms with Gasteiger partial charge in [-0.1, -0.05) is 6.08 Å². The molecule has 1 aliphatic carbocycles. The number of ether oxygens (including phenoxy) is 1. The van der Waals surface area contributed by atoms with E-state index < -0.39 is 0 Å². The van der Waals surface area contributed by atoms with Crippen LogP contribution in [0.15, 0.2) is 11.8 Å². The van der Waals surface area contributed by atoms with Crippen molar-refractivity contribution in [1.29, 1.82) is 0 Å². The van der Waals surface area contributed by atoms with Gasteiger partial charge in [-0.15, -0.1) is 0 Å². The normalized spacial score (nSPS) is 27.8. The first-order valence-electron chi connectivity index (χ1n) is 6.11. The third kappa shape index (κ3) is 2.95. The average Bonchev–Trinajstić information content (AvgIpc) is 2.68. The summed E-state index contributed by atoms with van der Waals surface area (Å²) in [5.41, 5.74) is 4.99. The fourth-order valence-corrected chi connectivity index (χ4v) is 2.47. The van der Waals surface area contributed by atoms with Gasteiger partial charge in [0.25, 0.3) is 0 Å². The molecular formula is C12H22N2O. The van der Waals surface area contributed by atoms with Crippen molar-refractivity contribution in [2.24, 2.45) is 0 Å². The molecule has 0 aromatic heterocycles. The summed E-state index contributed by atoms with van der Waals surface area (Å²) in [5, 5.41) is 2.36. The monoisotopic (exact) mass is 210 g/mol. The molecule has 15 heavy (non-hydrogen) atoms. The van der Waals surface area contributed by atoms with Crippen molar-refractivity contribution in [1.82, 2.24) is 10.4 Å². The summed E-state index contributed by atoms with van der Waals surface area (Å²) >= 11 is 0. The average molecular weight is 210 g/mol. The van der Waals surface area contributed by atoms with Gasteiger partial charge in [0.15, 0.2) is 0 Å². The first-order valence-corrected chi connectivity index (χ1v) is 6.11. The van der Waals surface area contributed by atoms with E-state index >= 15 is 0 Å². The van der Waals surface area contributed by atoms with Crippen LogP contribution in [0, 0.1) is 0 Å². The summed E-state index contributed by atoms with van der Waals surface area (Å²) in [7, 11) is 1.79. The van der Waals surface area contributed by atoms with Crippen molar-refractivity contribution >= 4 is 0 Å². The topological polar surface area (TPSA) is 24.5 Å². The van der Waals surface area contributed by atoms with E-state index in [1.807, 2.05) is 0 Å². The Hall–Kier alpha value is -0.540. The largest absolute Gasteiger partial charge is 0.383 e. The van der Waals surface area contributed by atoms with Gasteiger partial charge in [0.2, 0.25) is 0 Å². The smallest absolute Gasteiger partial charge is 0.0636 e. The zero-order chi connectivity index (χ0) is 10.5. The fraction of sp³-hybridized carbons (Fsp3) is 0.833. The maximum absolute atomic E-state index is 5.24. The molecule has 1 fully saturated rings. The summed E-state index contributed by atoms with van der Waals surface area (Å²) in [6.45, 7) is 2.01. The zero-order valence-corrected chi connectivity index (χ0v) is 9.67. The molecule has 2 rings (SSSR count). The van der Waals surface area contributed by atoms with Crippen molar-refractivity contribution in [3.05, 3.63) is 11.8 Å². The molecule has 1 saturated heterocycles. The summed E-state index contributed by atoms with van der Waals surface area (Å²) in [5.74, 6) is 0. The van der Waals surface area contributed by atoms with Gasteiger partial charge in [0.05, 0.1) is 12.6 Å². The van der Waals surface area contributed by atoms with Crippen LogP contribution in [0.25, 0.3) is 0 Å². The Kier molecular flexibility index (Phi) is 4.03. The first-order chi connectivity index (χ1) is 7.40. The third-order valence-electron chi connectivity index (χ3n) is 3.31. The lowest BCUT2D eigenvalue weighted by atomic mass is 10.1. The van der Waals surface area contributed by atoms with Gasteiger partial charge in [-0.3, -0.25) is 0 Å². The highest BCUT2D eigenvalue weighted by Gasteiger charge is 2.24. The summed E-state index contributed by atoms with van der Waals surface area (Å²) in [6.07, 6.45) is 10.0. The number of hydrogen-bond acceptors (Lipinski definition) is 3. The minimum atomic E-state index is 0.567. The lowest BCUT2D eigenvalue weighted by Gasteiger charge is -2.28. The van der Waals surface area contributed by atoms with Crippen LogP contribution in [0.1, 0.15) is 38.5 Å². The molecule has 0 aromatic rings. The van der Waals surface area contributed by atoms with E-state index in [2.05, 4.69) is 16.5 Å². The predicted octanol–water partition coefficient (Wildman–Crippen LogP) is 2.06. The quantitative estimate of drug-likeness (QED) is 0.768. The Bertz CT molecular complexity index is 228. The van der Waals surface area contributed by atoms with Crippen molar-refractivity contribution in [3.63, 3.8) is 0 Å². The van der Waals surface area contributed by atoms with E-state index in [1.165, 1.54) is 44.2 Å². The van der Waals surface area contributed by atoms with Gasteiger partial charge in [-0.05, 0) is 38.5 Å². The van der Waals surface area contributed by atoms with Gasteiger partial charge in [0, 0.05) is 19.4 Å². The molecule has 0 bridgehead atoms. The third-order valence-corrected chi connectivity index (χ3v) is 3.31. The molecule has 3 heteroatoms. The number of hydrazine groups is 1. The zero-order valence-electron chi connectivity index (χ0n) is 9.67. The van der Waals surface area contributed by atoms with Gasteiger partial charge in [0.1, 0.15) is 0 Å². The Morgan fingerprint density at radius 2 is 2.40 bits per heavy atom. The van der Waals surface area contributed by atoms with Crippen LogP contribution in [0.2, 0.25) is 0 Å². The van der Waals surface area contributed by atoms with Crippen LogP contribution in [-0.4, -0.2) is 31.3 Å². The van der Waals surface area contributed by atoms with Crippen LogP contribution in [-0.2, 0) is 4.74 Å². The fourth-order valence-electron chi connectivity index (χ4n) is 2.47. The lowest BCUT2D eigenvalue weighted by Crippen LogP contribution is -2.43. The molecule has 1 atom stereocenters. The molecule has 2 aliphatic rings. The maximum Gasteiger partial charge on any atom is 0.0636 e. The first kappa shape index (κ1) is 11.0. The van der Waals surface area contributed by atoms with Gasteiger partial charge >= 0.3 is 0 Å². The molecule has 1 heterocycles. The van der Waals surface area contributed by atoms with Crippen molar-refractivity contribution in [2.75, 3.05) is 20.3 Å². The van der Waals surface area contributed by atoms with E-state index in [0.717, 1.165) is 13.2 Å². The van der Waals surface area contributed by atoms with Crippen molar-refractivity contribution < 1.29 is 4.74 Å². The molecule has 0 aromatic carbocycles. The van der Waals surface area contributed by atoms with Crippen LogP contribution in [0.3, 0.4) is 0 Å². The lowest BCUT2D eigenvalue weighted by molar-refractivity contribution is 0.0914. The maximum atomic E-state index is 5.24. The molecule has 1 aliphatic heterocycles. The summed E-state index contributed by atoms with van der Waals surface area (Å²) in [6, 6.07) is 0.567. The Morgan fingerprint density at radius 1 is 1.47 bits per heavy atom. The number of hydrogen-bond donors (Lipinski definition) is 1. The highest BCUT2D eigenvalue weighted by atomic mass is 16.5. The highest BCUT2D eigenvalue weighted by molar-refractivity contribution is 5.02. The highest BCUT2D eigenvalue weighted by Crippen LogP contribution is 2.20. The van der Waals surface area contributed by atoms with E-state index in [1.54, 1.807) is 7.11 Å². The number of rotatable bonds is 4. The minimum absolute atomic E-state index is 0.567. The Labute approximate surface area is 92.4 Å². The molecule has 0 radical (unpaired) electrons. The minimum Gasteiger partial charge on any atom is -0.383 e. The summed E-state index contributed by atoms with van der Waals surface area (Å²) < 4.78 is 5.24. The predicted molar refractivity (Wildman–Crippen MR) is 61.3 cm³/mol. The van der Waals surface area contributed by atoms with Crippen molar-refractivity contribution in [3.8, 4) is 0 Å². The SMILES string of the molecule is COC[C@@H]1CCCN1NC1=CCCCC1. The number of nitrogens with one attached hydrogen (secondary N) is 1. The molecule has 0 unspecified atom stereocenters. The van der Waals surface area contributed by atoms with Crippen LogP contribution in [0.5, 0.6) is 0 Å². The second-order valence-corrected chi connectivity index (χ2v) is 4.53. The number of nitrogens with zero attached hydrogens (tertiary/aromatic N) is 1. The van der Waals surface area contributed by atoms with Crippen LogP contribution >= 0.6 is 0 Å². The van der Waals surface area contributed by atoms with Gasteiger partial charge in [-0.2, -0.15) is 0 Å². The molecule has 0 spiro atoms. The van der Waals surface area contributed by atoms with E-state index in [0.29, 0.717) is 6.04 Å².